The summed E-state index contributed by atoms with van der Waals surface area (Å²) in [6.07, 6.45) is 2.48. The normalized spacial score (nSPS) is 21.2. The zero-order valence-corrected chi connectivity index (χ0v) is 12.9. The van der Waals surface area contributed by atoms with Crippen molar-refractivity contribution in [3.05, 3.63) is 66.0 Å². The standard InChI is InChI=1S/C18H16N4O2/c1-2-4-12(5-3-1)14-9-15(22-18(21-14)19-10-20-22)13-6-7-16-17(8-13)24-11-23-16/h1-8,10,14-15H,9,11H2,(H,19,20,21). The first-order valence-electron chi connectivity index (χ1n) is 7.99. The zero-order valence-electron chi connectivity index (χ0n) is 12.9. The molecule has 3 aromatic rings. The van der Waals surface area contributed by atoms with Gasteiger partial charge in [-0.25, -0.2) is 4.68 Å². The molecule has 2 aliphatic heterocycles. The molecule has 2 aliphatic rings. The molecule has 0 bridgehead atoms. The molecular formula is C18H16N4O2. The van der Waals surface area contributed by atoms with Crippen molar-refractivity contribution in [1.29, 1.82) is 0 Å². The molecule has 2 atom stereocenters. The van der Waals surface area contributed by atoms with Crippen LogP contribution >= 0.6 is 0 Å². The van der Waals surface area contributed by atoms with Gasteiger partial charge in [-0.3, -0.25) is 0 Å². The van der Waals surface area contributed by atoms with E-state index in [1.165, 1.54) is 5.56 Å². The number of benzene rings is 2. The van der Waals surface area contributed by atoms with Crippen LogP contribution in [0.5, 0.6) is 11.5 Å². The van der Waals surface area contributed by atoms with Crippen molar-refractivity contribution >= 4 is 5.95 Å². The Kier molecular flexibility index (Phi) is 2.94. The van der Waals surface area contributed by atoms with E-state index in [-0.39, 0.29) is 18.9 Å². The smallest absolute Gasteiger partial charge is 0.231 e. The fraction of sp³-hybridized carbons (Fsp3) is 0.222. The van der Waals surface area contributed by atoms with Gasteiger partial charge in [0.1, 0.15) is 6.33 Å². The van der Waals surface area contributed by atoms with Crippen LogP contribution in [-0.4, -0.2) is 21.6 Å². The van der Waals surface area contributed by atoms with Crippen LogP contribution in [0, 0.1) is 0 Å². The molecule has 6 heteroatoms. The number of nitrogens with zero attached hydrogens (tertiary/aromatic N) is 3. The highest BCUT2D eigenvalue weighted by Crippen LogP contribution is 2.40. The second-order valence-electron chi connectivity index (χ2n) is 6.00. The van der Waals surface area contributed by atoms with Crippen molar-refractivity contribution in [2.75, 3.05) is 12.1 Å². The highest BCUT2D eigenvalue weighted by atomic mass is 16.7. The molecule has 6 nitrogen and oxygen atoms in total. The van der Waals surface area contributed by atoms with Crippen LogP contribution in [0.4, 0.5) is 5.95 Å². The minimum atomic E-state index is 0.100. The topological polar surface area (TPSA) is 61.2 Å². The van der Waals surface area contributed by atoms with Gasteiger partial charge in [0.15, 0.2) is 11.5 Å². The molecule has 0 fully saturated rings. The van der Waals surface area contributed by atoms with E-state index in [9.17, 15) is 0 Å². The maximum atomic E-state index is 5.53. The molecule has 5 rings (SSSR count). The molecule has 1 aromatic heterocycles. The summed E-state index contributed by atoms with van der Waals surface area (Å²) in [6, 6.07) is 16.8. The van der Waals surface area contributed by atoms with Crippen molar-refractivity contribution in [2.24, 2.45) is 0 Å². The molecular weight excluding hydrogens is 304 g/mol. The lowest BCUT2D eigenvalue weighted by molar-refractivity contribution is 0.174. The van der Waals surface area contributed by atoms with Gasteiger partial charge >= 0.3 is 0 Å². The Morgan fingerprint density at radius 2 is 1.88 bits per heavy atom. The fourth-order valence-corrected chi connectivity index (χ4v) is 3.42. The first kappa shape index (κ1) is 13.4. The van der Waals surface area contributed by atoms with Gasteiger partial charge in [0, 0.05) is 0 Å². The maximum Gasteiger partial charge on any atom is 0.231 e. The third-order valence-corrected chi connectivity index (χ3v) is 4.61. The summed E-state index contributed by atoms with van der Waals surface area (Å²) in [5.74, 6) is 2.38. The van der Waals surface area contributed by atoms with Gasteiger partial charge in [-0.05, 0) is 29.7 Å². The SMILES string of the molecule is c1ccc(C2CC(c3ccc4c(c3)OCO4)n3ncnc3N2)cc1. The summed E-state index contributed by atoms with van der Waals surface area (Å²) in [7, 11) is 0. The summed E-state index contributed by atoms with van der Waals surface area (Å²) in [5.41, 5.74) is 2.39. The largest absolute Gasteiger partial charge is 0.454 e. The van der Waals surface area contributed by atoms with Gasteiger partial charge in [0.25, 0.3) is 0 Å². The number of rotatable bonds is 2. The zero-order chi connectivity index (χ0) is 15.9. The quantitative estimate of drug-likeness (QED) is 0.786. The minimum Gasteiger partial charge on any atom is -0.454 e. The number of anilines is 1. The lowest BCUT2D eigenvalue weighted by Gasteiger charge is -2.31. The third-order valence-electron chi connectivity index (χ3n) is 4.61. The Balaban J connectivity index is 1.55. The van der Waals surface area contributed by atoms with E-state index < -0.39 is 0 Å². The molecule has 120 valence electrons. The van der Waals surface area contributed by atoms with E-state index in [1.807, 2.05) is 22.9 Å². The second kappa shape index (κ2) is 5.26. The van der Waals surface area contributed by atoms with Crippen LogP contribution in [0.3, 0.4) is 0 Å². The minimum absolute atomic E-state index is 0.100. The van der Waals surface area contributed by atoms with Crippen LogP contribution in [0.25, 0.3) is 0 Å². The Morgan fingerprint density at radius 3 is 2.79 bits per heavy atom. The van der Waals surface area contributed by atoms with E-state index in [4.69, 9.17) is 9.47 Å². The number of ether oxygens (including phenoxy) is 2. The van der Waals surface area contributed by atoms with Crippen molar-refractivity contribution in [3.63, 3.8) is 0 Å². The van der Waals surface area contributed by atoms with Gasteiger partial charge < -0.3 is 14.8 Å². The van der Waals surface area contributed by atoms with Crippen LogP contribution in [0.2, 0.25) is 0 Å². The summed E-state index contributed by atoms with van der Waals surface area (Å²) in [6.45, 7) is 0.284. The molecule has 1 N–H and O–H groups in total. The third kappa shape index (κ3) is 2.11. The molecule has 0 spiro atoms. The van der Waals surface area contributed by atoms with E-state index in [2.05, 4.69) is 45.7 Å². The number of hydrogen-bond acceptors (Lipinski definition) is 5. The van der Waals surface area contributed by atoms with Crippen molar-refractivity contribution in [2.45, 2.75) is 18.5 Å². The predicted molar refractivity (Wildman–Crippen MR) is 88.1 cm³/mol. The number of aromatic nitrogens is 3. The first-order chi connectivity index (χ1) is 11.9. The summed E-state index contributed by atoms with van der Waals surface area (Å²) >= 11 is 0. The Morgan fingerprint density at radius 1 is 1.00 bits per heavy atom. The average molecular weight is 320 g/mol. The Bertz CT molecular complexity index is 878. The van der Waals surface area contributed by atoms with Crippen LogP contribution in [0.1, 0.15) is 29.6 Å². The highest BCUT2D eigenvalue weighted by Gasteiger charge is 2.30. The lowest BCUT2D eigenvalue weighted by Crippen LogP contribution is -2.28. The van der Waals surface area contributed by atoms with Gasteiger partial charge in [0.2, 0.25) is 12.7 Å². The molecule has 24 heavy (non-hydrogen) atoms. The van der Waals surface area contributed by atoms with Crippen molar-refractivity contribution in [3.8, 4) is 11.5 Å². The molecule has 2 unspecified atom stereocenters. The van der Waals surface area contributed by atoms with Gasteiger partial charge in [-0.15, -0.1) is 0 Å². The maximum absolute atomic E-state index is 5.53. The second-order valence-corrected chi connectivity index (χ2v) is 6.00. The number of nitrogens with one attached hydrogen (secondary N) is 1. The Hall–Kier alpha value is -3.02. The van der Waals surface area contributed by atoms with Crippen LogP contribution in [-0.2, 0) is 0 Å². The summed E-state index contributed by atoms with van der Waals surface area (Å²) in [5, 5.41) is 7.89. The van der Waals surface area contributed by atoms with E-state index in [1.54, 1.807) is 6.33 Å². The number of hydrogen-bond donors (Lipinski definition) is 1. The van der Waals surface area contributed by atoms with Crippen LogP contribution < -0.4 is 14.8 Å². The van der Waals surface area contributed by atoms with Crippen molar-refractivity contribution in [1.82, 2.24) is 14.8 Å². The molecule has 0 amide bonds. The Labute approximate surface area is 139 Å². The average Bonchev–Trinajstić information content (AvgIpc) is 3.29. The van der Waals surface area contributed by atoms with Gasteiger partial charge in [-0.2, -0.15) is 10.1 Å². The molecule has 0 saturated carbocycles. The predicted octanol–water partition coefficient (Wildman–Crippen LogP) is 3.15. The fourth-order valence-electron chi connectivity index (χ4n) is 3.42. The molecule has 0 saturated heterocycles. The van der Waals surface area contributed by atoms with E-state index >= 15 is 0 Å². The summed E-state index contributed by atoms with van der Waals surface area (Å²) < 4.78 is 12.9. The molecule has 0 aliphatic carbocycles. The highest BCUT2D eigenvalue weighted by molar-refractivity contribution is 5.47. The van der Waals surface area contributed by atoms with Crippen molar-refractivity contribution < 1.29 is 9.47 Å². The molecule has 2 aromatic carbocycles. The van der Waals surface area contributed by atoms with Gasteiger partial charge in [0.05, 0.1) is 12.1 Å². The monoisotopic (exact) mass is 320 g/mol. The van der Waals surface area contributed by atoms with E-state index in [0.29, 0.717) is 0 Å². The number of fused-ring (bicyclic) bond motifs is 2. The first-order valence-corrected chi connectivity index (χ1v) is 7.99. The van der Waals surface area contributed by atoms with E-state index in [0.717, 1.165) is 29.4 Å². The van der Waals surface area contributed by atoms with Crippen LogP contribution in [0.15, 0.2) is 54.9 Å². The lowest BCUT2D eigenvalue weighted by atomic mass is 9.93. The molecule has 0 radical (unpaired) electrons. The summed E-state index contributed by atoms with van der Waals surface area (Å²) in [4.78, 5) is 4.37. The molecule has 3 heterocycles. The van der Waals surface area contributed by atoms with Gasteiger partial charge in [-0.1, -0.05) is 36.4 Å².